The maximum absolute atomic E-state index is 4.60. The zero-order valence-electron chi connectivity index (χ0n) is 12.7. The summed E-state index contributed by atoms with van der Waals surface area (Å²) in [4.78, 5) is 4.60. The Hall–Kier alpha value is -1.66. The van der Waals surface area contributed by atoms with Crippen molar-refractivity contribution in [1.29, 1.82) is 0 Å². The van der Waals surface area contributed by atoms with Gasteiger partial charge in [0.05, 0.1) is 17.2 Å². The van der Waals surface area contributed by atoms with E-state index in [2.05, 4.69) is 56.3 Å². The Morgan fingerprint density at radius 2 is 2.00 bits per heavy atom. The number of thioether (sulfide) groups is 1. The standard InChI is InChI=1S/C16H18N4S2/c1-3-15-17-14(10-21-15)11-22-16-19-18-12(2)20(16)9-13-7-5-4-6-8-13/h4-8,10H,3,9,11H2,1-2H3. The first-order valence-electron chi connectivity index (χ1n) is 7.26. The van der Waals surface area contributed by atoms with Gasteiger partial charge < -0.3 is 4.57 Å². The summed E-state index contributed by atoms with van der Waals surface area (Å²) >= 11 is 3.43. The van der Waals surface area contributed by atoms with Crippen LogP contribution in [0.25, 0.3) is 0 Å². The second-order valence-corrected chi connectivity index (χ2v) is 6.86. The van der Waals surface area contributed by atoms with Gasteiger partial charge >= 0.3 is 0 Å². The first-order valence-corrected chi connectivity index (χ1v) is 9.12. The minimum atomic E-state index is 0.805. The highest BCUT2D eigenvalue weighted by Crippen LogP contribution is 2.23. The number of nitrogens with zero attached hydrogens (tertiary/aromatic N) is 4. The molecule has 4 nitrogen and oxygen atoms in total. The Balaban J connectivity index is 1.71. The van der Waals surface area contributed by atoms with Crippen molar-refractivity contribution in [3.63, 3.8) is 0 Å². The van der Waals surface area contributed by atoms with Crippen molar-refractivity contribution in [1.82, 2.24) is 19.7 Å². The van der Waals surface area contributed by atoms with Crippen LogP contribution in [-0.2, 0) is 18.7 Å². The van der Waals surface area contributed by atoms with E-state index in [0.717, 1.165) is 35.4 Å². The second-order valence-electron chi connectivity index (χ2n) is 4.98. The number of rotatable bonds is 6. The summed E-state index contributed by atoms with van der Waals surface area (Å²) in [5, 5.41) is 12.8. The predicted molar refractivity (Wildman–Crippen MR) is 91.4 cm³/mol. The molecule has 0 aliphatic rings. The van der Waals surface area contributed by atoms with Crippen LogP contribution in [0.15, 0.2) is 40.9 Å². The molecule has 0 aliphatic carbocycles. The van der Waals surface area contributed by atoms with Gasteiger partial charge in [0.15, 0.2) is 5.16 Å². The molecule has 1 aromatic carbocycles. The monoisotopic (exact) mass is 330 g/mol. The van der Waals surface area contributed by atoms with Crippen LogP contribution in [0.2, 0.25) is 0 Å². The van der Waals surface area contributed by atoms with Crippen molar-refractivity contribution in [2.24, 2.45) is 0 Å². The predicted octanol–water partition coefficient (Wildman–Crippen LogP) is 3.95. The van der Waals surface area contributed by atoms with Crippen LogP contribution in [0.5, 0.6) is 0 Å². The van der Waals surface area contributed by atoms with Gasteiger partial charge in [-0.3, -0.25) is 0 Å². The zero-order valence-corrected chi connectivity index (χ0v) is 14.3. The van der Waals surface area contributed by atoms with Gasteiger partial charge in [0, 0.05) is 11.1 Å². The van der Waals surface area contributed by atoms with Crippen molar-refractivity contribution in [3.8, 4) is 0 Å². The Labute approximate surface area is 138 Å². The Morgan fingerprint density at radius 1 is 1.18 bits per heavy atom. The molecule has 3 aromatic rings. The van der Waals surface area contributed by atoms with E-state index in [0.29, 0.717) is 0 Å². The van der Waals surface area contributed by atoms with E-state index in [1.54, 1.807) is 23.1 Å². The molecule has 6 heteroatoms. The SMILES string of the molecule is CCc1nc(CSc2nnc(C)n2Cc2ccccc2)cs1. The van der Waals surface area contributed by atoms with Gasteiger partial charge in [-0.15, -0.1) is 21.5 Å². The van der Waals surface area contributed by atoms with Gasteiger partial charge in [0.1, 0.15) is 5.82 Å². The van der Waals surface area contributed by atoms with Crippen LogP contribution in [0.3, 0.4) is 0 Å². The number of thiazole rings is 1. The van der Waals surface area contributed by atoms with Gasteiger partial charge in [0.25, 0.3) is 0 Å². The van der Waals surface area contributed by atoms with E-state index >= 15 is 0 Å². The van der Waals surface area contributed by atoms with E-state index in [1.165, 1.54) is 10.6 Å². The highest BCUT2D eigenvalue weighted by atomic mass is 32.2. The molecule has 0 N–H and O–H groups in total. The van der Waals surface area contributed by atoms with Crippen LogP contribution in [0.1, 0.15) is 29.0 Å². The molecule has 114 valence electrons. The van der Waals surface area contributed by atoms with Crippen LogP contribution < -0.4 is 0 Å². The summed E-state index contributed by atoms with van der Waals surface area (Å²) in [6.07, 6.45) is 0.999. The maximum atomic E-state index is 4.60. The summed E-state index contributed by atoms with van der Waals surface area (Å²) in [6, 6.07) is 10.4. The summed E-state index contributed by atoms with van der Waals surface area (Å²) in [7, 11) is 0. The van der Waals surface area contributed by atoms with Gasteiger partial charge in [-0.1, -0.05) is 49.0 Å². The number of aromatic nitrogens is 4. The molecule has 0 spiro atoms. The van der Waals surface area contributed by atoms with Crippen LogP contribution in [0, 0.1) is 6.92 Å². The van der Waals surface area contributed by atoms with Gasteiger partial charge in [0.2, 0.25) is 0 Å². The van der Waals surface area contributed by atoms with E-state index in [9.17, 15) is 0 Å². The quantitative estimate of drug-likeness (QED) is 0.642. The summed E-state index contributed by atoms with van der Waals surface area (Å²) in [6.45, 7) is 4.94. The zero-order chi connectivity index (χ0) is 15.4. The van der Waals surface area contributed by atoms with Crippen molar-refractivity contribution >= 4 is 23.1 Å². The summed E-state index contributed by atoms with van der Waals surface area (Å²) in [5.41, 5.74) is 2.38. The molecular formula is C16H18N4S2. The van der Waals surface area contributed by atoms with Crippen molar-refractivity contribution in [2.75, 3.05) is 0 Å². The van der Waals surface area contributed by atoms with Crippen molar-refractivity contribution in [2.45, 2.75) is 37.7 Å². The Morgan fingerprint density at radius 3 is 2.73 bits per heavy atom. The van der Waals surface area contributed by atoms with E-state index in [4.69, 9.17) is 0 Å². The normalized spacial score (nSPS) is 11.0. The molecule has 0 unspecified atom stereocenters. The molecule has 0 radical (unpaired) electrons. The van der Waals surface area contributed by atoms with E-state index < -0.39 is 0 Å². The third-order valence-electron chi connectivity index (χ3n) is 3.34. The molecule has 0 amide bonds. The number of hydrogen-bond donors (Lipinski definition) is 0. The van der Waals surface area contributed by atoms with Crippen molar-refractivity contribution in [3.05, 3.63) is 57.8 Å². The largest absolute Gasteiger partial charge is 0.302 e. The lowest BCUT2D eigenvalue weighted by Gasteiger charge is -2.07. The molecule has 2 aromatic heterocycles. The second kappa shape index (κ2) is 7.07. The fourth-order valence-electron chi connectivity index (χ4n) is 2.13. The summed E-state index contributed by atoms with van der Waals surface area (Å²) < 4.78 is 2.16. The molecule has 0 aliphatic heterocycles. The molecule has 22 heavy (non-hydrogen) atoms. The third kappa shape index (κ3) is 3.56. The topological polar surface area (TPSA) is 43.6 Å². The lowest BCUT2D eigenvalue weighted by Crippen LogP contribution is -2.03. The molecule has 0 bridgehead atoms. The lowest BCUT2D eigenvalue weighted by molar-refractivity contribution is 0.688. The first kappa shape index (κ1) is 15.2. The van der Waals surface area contributed by atoms with E-state index in [1.807, 2.05) is 13.0 Å². The van der Waals surface area contributed by atoms with Crippen LogP contribution in [-0.4, -0.2) is 19.7 Å². The Kier molecular flexibility index (Phi) is 4.90. The highest BCUT2D eigenvalue weighted by Gasteiger charge is 2.11. The Bertz CT molecular complexity index is 734. The fraction of sp³-hybridized carbons (Fsp3) is 0.312. The minimum absolute atomic E-state index is 0.805. The van der Waals surface area contributed by atoms with Crippen LogP contribution in [0.4, 0.5) is 0 Å². The summed E-state index contributed by atoms with van der Waals surface area (Å²) in [5.74, 6) is 1.78. The molecule has 0 atom stereocenters. The fourth-order valence-corrected chi connectivity index (χ4v) is 3.86. The van der Waals surface area contributed by atoms with Gasteiger partial charge in [-0.05, 0) is 18.9 Å². The minimum Gasteiger partial charge on any atom is -0.302 e. The first-order chi connectivity index (χ1) is 10.8. The molecule has 3 rings (SSSR count). The molecule has 2 heterocycles. The number of benzene rings is 1. The molecule has 0 saturated carbocycles. The molecule has 0 saturated heterocycles. The smallest absolute Gasteiger partial charge is 0.191 e. The number of aryl methyl sites for hydroxylation is 2. The average Bonchev–Trinajstić information content (AvgIpc) is 3.14. The van der Waals surface area contributed by atoms with Gasteiger partial charge in [-0.2, -0.15) is 0 Å². The molecular weight excluding hydrogens is 312 g/mol. The maximum Gasteiger partial charge on any atom is 0.191 e. The van der Waals surface area contributed by atoms with Crippen LogP contribution >= 0.6 is 23.1 Å². The third-order valence-corrected chi connectivity index (χ3v) is 5.38. The lowest BCUT2D eigenvalue weighted by atomic mass is 10.2. The van der Waals surface area contributed by atoms with E-state index in [-0.39, 0.29) is 0 Å². The van der Waals surface area contributed by atoms with Crippen molar-refractivity contribution < 1.29 is 0 Å². The average molecular weight is 330 g/mol. The molecule has 0 fully saturated rings. The number of hydrogen-bond acceptors (Lipinski definition) is 5. The van der Waals surface area contributed by atoms with Gasteiger partial charge in [-0.25, -0.2) is 4.98 Å². The highest BCUT2D eigenvalue weighted by molar-refractivity contribution is 7.98.